The van der Waals surface area contributed by atoms with E-state index in [1.807, 2.05) is 0 Å². The molecule has 4 nitrogen and oxygen atoms in total. The van der Waals surface area contributed by atoms with Crippen molar-refractivity contribution < 1.29 is 8.42 Å². The summed E-state index contributed by atoms with van der Waals surface area (Å²) in [6, 6.07) is 0. The van der Waals surface area contributed by atoms with Gasteiger partial charge in [0.2, 0.25) is 0 Å². The second kappa shape index (κ2) is 3.08. The normalized spacial score (nSPS) is 25.7. The van der Waals surface area contributed by atoms with E-state index < -0.39 is 10.2 Å². The van der Waals surface area contributed by atoms with Crippen LogP contribution in [0, 0.1) is 11.8 Å². The molecule has 1 heterocycles. The molecule has 1 aliphatic heterocycles. The lowest BCUT2D eigenvalue weighted by molar-refractivity contribution is 0.360. The van der Waals surface area contributed by atoms with E-state index in [1.165, 1.54) is 0 Å². The highest BCUT2D eigenvalue weighted by Crippen LogP contribution is 2.11. The summed E-state index contributed by atoms with van der Waals surface area (Å²) < 4.78 is 26.5. The Morgan fingerprint density at radius 1 is 1.27 bits per heavy atom. The van der Waals surface area contributed by atoms with E-state index in [1.54, 1.807) is 0 Å². The van der Waals surface area contributed by atoms with Gasteiger partial charge in [0.25, 0.3) is 10.2 Å². The molecule has 0 aromatic carbocycles. The lowest BCUT2D eigenvalue weighted by Crippen LogP contribution is -2.49. The molecule has 1 fully saturated rings. The second-order valence-corrected chi connectivity index (χ2v) is 4.79. The van der Waals surface area contributed by atoms with Gasteiger partial charge in [-0.15, -0.1) is 0 Å². The average Bonchev–Trinajstić information content (AvgIpc) is 1.86. The summed E-state index contributed by atoms with van der Waals surface area (Å²) in [6.45, 7) is 5.30. The summed E-state index contributed by atoms with van der Waals surface area (Å²) in [5, 5.41) is 0. The van der Waals surface area contributed by atoms with Gasteiger partial charge < -0.3 is 0 Å². The molecule has 0 aromatic heterocycles. The summed E-state index contributed by atoms with van der Waals surface area (Å²) in [5.41, 5.74) is 0. The fourth-order valence-electron chi connectivity index (χ4n) is 1.03. The first kappa shape index (κ1) is 8.96. The van der Waals surface area contributed by atoms with Crippen LogP contribution in [-0.4, -0.2) is 21.5 Å². The third-order valence-electron chi connectivity index (χ3n) is 2.01. The Kier molecular flexibility index (Phi) is 2.51. The molecule has 66 valence electrons. The van der Waals surface area contributed by atoms with Crippen LogP contribution in [0.15, 0.2) is 0 Å². The standard InChI is InChI=1S/C6H14N2O2S/c1-5(2)6-3-7-11(9,10)8-4-6/h5-8H,3-4H2,1-2H3. The molecule has 0 amide bonds. The first-order valence-electron chi connectivity index (χ1n) is 3.75. The lowest BCUT2D eigenvalue weighted by Gasteiger charge is -2.26. The number of hydrogen-bond donors (Lipinski definition) is 2. The quantitative estimate of drug-likeness (QED) is 0.579. The highest BCUT2D eigenvalue weighted by atomic mass is 32.2. The van der Waals surface area contributed by atoms with Crippen LogP contribution < -0.4 is 9.44 Å². The van der Waals surface area contributed by atoms with Crippen LogP contribution >= 0.6 is 0 Å². The van der Waals surface area contributed by atoms with Crippen LogP contribution in [0.1, 0.15) is 13.8 Å². The average molecular weight is 178 g/mol. The van der Waals surface area contributed by atoms with Gasteiger partial charge in [0.05, 0.1) is 0 Å². The van der Waals surface area contributed by atoms with Gasteiger partial charge in [-0.2, -0.15) is 8.42 Å². The largest absolute Gasteiger partial charge is 0.276 e. The third-order valence-corrected chi connectivity index (χ3v) is 3.11. The zero-order valence-corrected chi connectivity index (χ0v) is 7.61. The predicted octanol–water partition coefficient (Wildman–Crippen LogP) is -0.304. The van der Waals surface area contributed by atoms with Crippen molar-refractivity contribution in [3.63, 3.8) is 0 Å². The monoisotopic (exact) mass is 178 g/mol. The van der Waals surface area contributed by atoms with E-state index in [-0.39, 0.29) is 0 Å². The smallest absolute Gasteiger partial charge is 0.202 e. The summed E-state index contributed by atoms with van der Waals surface area (Å²) in [6.07, 6.45) is 0. The van der Waals surface area contributed by atoms with Gasteiger partial charge in [-0.25, -0.2) is 9.44 Å². The molecule has 11 heavy (non-hydrogen) atoms. The number of nitrogens with one attached hydrogen (secondary N) is 2. The highest BCUT2D eigenvalue weighted by Gasteiger charge is 2.23. The van der Waals surface area contributed by atoms with Gasteiger partial charge in [-0.1, -0.05) is 13.8 Å². The van der Waals surface area contributed by atoms with Gasteiger partial charge in [0.1, 0.15) is 0 Å². The summed E-state index contributed by atoms with van der Waals surface area (Å²) in [5.74, 6) is 0.934. The van der Waals surface area contributed by atoms with Gasteiger partial charge >= 0.3 is 0 Å². The summed E-state index contributed by atoms with van der Waals surface area (Å²) in [7, 11) is -3.15. The van der Waals surface area contributed by atoms with Crippen LogP contribution in [-0.2, 0) is 10.2 Å². The molecule has 1 aliphatic rings. The van der Waals surface area contributed by atoms with Crippen LogP contribution in [0.3, 0.4) is 0 Å². The van der Waals surface area contributed by atoms with Crippen molar-refractivity contribution in [1.29, 1.82) is 0 Å². The van der Waals surface area contributed by atoms with E-state index in [0.29, 0.717) is 24.9 Å². The van der Waals surface area contributed by atoms with E-state index >= 15 is 0 Å². The van der Waals surface area contributed by atoms with Crippen molar-refractivity contribution in [3.8, 4) is 0 Å². The summed E-state index contributed by atoms with van der Waals surface area (Å²) >= 11 is 0. The van der Waals surface area contributed by atoms with Crippen molar-refractivity contribution >= 4 is 10.2 Å². The maximum absolute atomic E-state index is 10.8. The molecule has 0 bridgehead atoms. The van der Waals surface area contributed by atoms with Gasteiger partial charge in [0.15, 0.2) is 0 Å². The maximum atomic E-state index is 10.8. The van der Waals surface area contributed by atoms with E-state index in [2.05, 4.69) is 23.3 Å². The molecular formula is C6H14N2O2S. The first-order valence-corrected chi connectivity index (χ1v) is 5.24. The van der Waals surface area contributed by atoms with Crippen LogP contribution in [0.5, 0.6) is 0 Å². The topological polar surface area (TPSA) is 58.2 Å². The molecular weight excluding hydrogens is 164 g/mol. The number of rotatable bonds is 1. The lowest BCUT2D eigenvalue weighted by atomic mass is 9.96. The molecule has 0 aromatic rings. The fourth-order valence-corrected chi connectivity index (χ4v) is 2.00. The summed E-state index contributed by atoms with van der Waals surface area (Å²) in [4.78, 5) is 0. The van der Waals surface area contributed by atoms with E-state index in [9.17, 15) is 8.42 Å². The van der Waals surface area contributed by atoms with Crippen LogP contribution in [0.4, 0.5) is 0 Å². The van der Waals surface area contributed by atoms with E-state index in [4.69, 9.17) is 0 Å². The molecule has 0 radical (unpaired) electrons. The Morgan fingerprint density at radius 2 is 1.73 bits per heavy atom. The van der Waals surface area contributed by atoms with Crippen molar-refractivity contribution in [3.05, 3.63) is 0 Å². The maximum Gasteiger partial charge on any atom is 0.276 e. The Balaban J connectivity index is 2.49. The van der Waals surface area contributed by atoms with E-state index in [0.717, 1.165) is 0 Å². The minimum absolute atomic E-state index is 0.415. The predicted molar refractivity (Wildman–Crippen MR) is 43.3 cm³/mol. The molecule has 2 N–H and O–H groups in total. The van der Waals surface area contributed by atoms with Crippen LogP contribution in [0.25, 0.3) is 0 Å². The minimum Gasteiger partial charge on any atom is -0.202 e. The Bertz CT molecular complexity index is 209. The Hall–Kier alpha value is -0.130. The molecule has 5 heteroatoms. The SMILES string of the molecule is CC(C)C1CNS(=O)(=O)NC1. The molecule has 1 rings (SSSR count). The molecule has 0 atom stereocenters. The second-order valence-electron chi connectivity index (χ2n) is 3.20. The van der Waals surface area contributed by atoms with Gasteiger partial charge in [-0.05, 0) is 11.8 Å². The van der Waals surface area contributed by atoms with Crippen molar-refractivity contribution in [2.45, 2.75) is 13.8 Å². The number of hydrogen-bond acceptors (Lipinski definition) is 2. The third kappa shape index (κ3) is 2.43. The molecule has 0 aliphatic carbocycles. The fraction of sp³-hybridized carbons (Fsp3) is 1.00. The molecule has 0 unspecified atom stereocenters. The zero-order valence-electron chi connectivity index (χ0n) is 6.79. The molecule has 0 saturated carbocycles. The zero-order chi connectivity index (χ0) is 8.48. The van der Waals surface area contributed by atoms with Gasteiger partial charge in [-0.3, -0.25) is 0 Å². The Morgan fingerprint density at radius 3 is 2.09 bits per heavy atom. The van der Waals surface area contributed by atoms with Crippen LogP contribution in [0.2, 0.25) is 0 Å². The minimum atomic E-state index is -3.15. The van der Waals surface area contributed by atoms with Crippen molar-refractivity contribution in [2.24, 2.45) is 11.8 Å². The molecule has 0 spiro atoms. The first-order chi connectivity index (χ1) is 5.01. The van der Waals surface area contributed by atoms with Gasteiger partial charge in [0, 0.05) is 13.1 Å². The Labute approximate surface area is 67.6 Å². The molecule has 1 saturated heterocycles. The highest BCUT2D eigenvalue weighted by molar-refractivity contribution is 7.87. The van der Waals surface area contributed by atoms with Crippen molar-refractivity contribution in [2.75, 3.05) is 13.1 Å². The van der Waals surface area contributed by atoms with Crippen molar-refractivity contribution in [1.82, 2.24) is 9.44 Å².